The number of sulfonamides is 1. The number of primary amides is 1. The molecule has 18 heavy (non-hydrogen) atoms. The van der Waals surface area contributed by atoms with Gasteiger partial charge in [0.2, 0.25) is 15.9 Å². The molecular weight excluding hydrogens is 280 g/mol. The van der Waals surface area contributed by atoms with Crippen molar-refractivity contribution in [2.24, 2.45) is 16.8 Å². The van der Waals surface area contributed by atoms with E-state index in [-0.39, 0.29) is 22.3 Å². The number of halogens is 1. The van der Waals surface area contributed by atoms with E-state index >= 15 is 0 Å². The highest BCUT2D eigenvalue weighted by atomic mass is 35.5. The standard InChI is InChI=1S/C10H13ClN2O4S/c1-6(10(12)14)5-17-8-3-2-7(11)4-9(8)18(13,15)16/h2-4,6H,5H2,1H3,(H2,12,14)(H2,13,15,16). The third-order valence-corrected chi connectivity index (χ3v) is 3.35. The Balaban J connectivity index is 3.00. The van der Waals surface area contributed by atoms with Crippen LogP contribution in [0.25, 0.3) is 0 Å². The molecule has 100 valence electrons. The summed E-state index contributed by atoms with van der Waals surface area (Å²) < 4.78 is 27.9. The lowest BCUT2D eigenvalue weighted by molar-refractivity contribution is -0.122. The molecule has 0 fully saturated rings. The first-order valence-corrected chi connectivity index (χ1v) is 6.88. The molecule has 0 radical (unpaired) electrons. The zero-order valence-electron chi connectivity index (χ0n) is 9.59. The van der Waals surface area contributed by atoms with Crippen LogP contribution in [0.3, 0.4) is 0 Å². The zero-order valence-corrected chi connectivity index (χ0v) is 11.2. The largest absolute Gasteiger partial charge is 0.491 e. The highest BCUT2D eigenvalue weighted by Gasteiger charge is 2.17. The summed E-state index contributed by atoms with van der Waals surface area (Å²) in [4.78, 5) is 10.6. The Morgan fingerprint density at radius 3 is 2.61 bits per heavy atom. The number of primary sulfonamides is 1. The molecule has 1 aromatic carbocycles. The van der Waals surface area contributed by atoms with Crippen molar-refractivity contribution < 1.29 is 17.9 Å². The molecule has 0 aliphatic heterocycles. The Labute approximate surface area is 110 Å². The molecule has 1 amide bonds. The number of rotatable bonds is 5. The van der Waals surface area contributed by atoms with E-state index in [9.17, 15) is 13.2 Å². The average Bonchev–Trinajstić information content (AvgIpc) is 2.25. The van der Waals surface area contributed by atoms with Crippen molar-refractivity contribution in [3.63, 3.8) is 0 Å². The van der Waals surface area contributed by atoms with E-state index in [0.717, 1.165) is 0 Å². The highest BCUT2D eigenvalue weighted by molar-refractivity contribution is 7.89. The van der Waals surface area contributed by atoms with E-state index in [1.807, 2.05) is 0 Å². The number of amides is 1. The first-order chi connectivity index (χ1) is 8.21. The molecule has 1 rings (SSSR count). The van der Waals surface area contributed by atoms with Crippen molar-refractivity contribution in [3.8, 4) is 5.75 Å². The van der Waals surface area contributed by atoms with Gasteiger partial charge in [-0.2, -0.15) is 0 Å². The summed E-state index contributed by atoms with van der Waals surface area (Å²) in [6, 6.07) is 4.01. The number of carbonyl (C=O) groups excluding carboxylic acids is 1. The lowest BCUT2D eigenvalue weighted by Crippen LogP contribution is -2.26. The molecular formula is C10H13ClN2O4S. The van der Waals surface area contributed by atoms with Crippen molar-refractivity contribution in [2.75, 3.05) is 6.61 Å². The SMILES string of the molecule is CC(COc1ccc(Cl)cc1S(N)(=O)=O)C(N)=O. The number of nitrogens with two attached hydrogens (primary N) is 2. The summed E-state index contributed by atoms with van der Waals surface area (Å²) in [5.41, 5.74) is 5.07. The van der Waals surface area contributed by atoms with Gasteiger partial charge in [0.15, 0.2) is 0 Å². The zero-order chi connectivity index (χ0) is 13.9. The van der Waals surface area contributed by atoms with Crippen molar-refractivity contribution in [3.05, 3.63) is 23.2 Å². The van der Waals surface area contributed by atoms with Crippen LogP contribution in [0.5, 0.6) is 5.75 Å². The van der Waals surface area contributed by atoms with Gasteiger partial charge in [0.05, 0.1) is 12.5 Å². The van der Waals surface area contributed by atoms with Gasteiger partial charge >= 0.3 is 0 Å². The predicted octanol–water partition coefficient (Wildman–Crippen LogP) is 0.488. The van der Waals surface area contributed by atoms with Gasteiger partial charge in [-0.1, -0.05) is 18.5 Å². The monoisotopic (exact) mass is 292 g/mol. The molecule has 0 saturated heterocycles. The second-order valence-electron chi connectivity index (χ2n) is 3.75. The first-order valence-electron chi connectivity index (χ1n) is 4.96. The van der Waals surface area contributed by atoms with Crippen molar-refractivity contribution in [2.45, 2.75) is 11.8 Å². The second-order valence-corrected chi connectivity index (χ2v) is 5.72. The smallest absolute Gasteiger partial charge is 0.241 e. The quantitative estimate of drug-likeness (QED) is 0.822. The van der Waals surface area contributed by atoms with Crippen LogP contribution in [-0.2, 0) is 14.8 Å². The number of hydrogen-bond acceptors (Lipinski definition) is 4. The minimum Gasteiger partial charge on any atom is -0.491 e. The van der Waals surface area contributed by atoms with Gasteiger partial charge in [-0.05, 0) is 18.2 Å². The number of ether oxygens (including phenoxy) is 1. The lowest BCUT2D eigenvalue weighted by atomic mass is 10.2. The fraction of sp³-hybridized carbons (Fsp3) is 0.300. The van der Waals surface area contributed by atoms with Gasteiger partial charge in [0.25, 0.3) is 0 Å². The van der Waals surface area contributed by atoms with Gasteiger partial charge in [-0.15, -0.1) is 0 Å². The highest BCUT2D eigenvalue weighted by Crippen LogP contribution is 2.26. The molecule has 0 aliphatic rings. The molecule has 0 bridgehead atoms. The Morgan fingerprint density at radius 1 is 1.50 bits per heavy atom. The van der Waals surface area contributed by atoms with E-state index < -0.39 is 21.8 Å². The summed E-state index contributed by atoms with van der Waals surface area (Å²) in [5.74, 6) is -1.05. The average molecular weight is 293 g/mol. The normalized spacial score (nSPS) is 13.1. The second kappa shape index (κ2) is 5.55. The third kappa shape index (κ3) is 3.86. The van der Waals surface area contributed by atoms with Crippen LogP contribution in [0.1, 0.15) is 6.92 Å². The number of benzene rings is 1. The molecule has 1 atom stereocenters. The van der Waals surface area contributed by atoms with Crippen LogP contribution in [0.2, 0.25) is 5.02 Å². The summed E-state index contributed by atoms with van der Waals surface area (Å²) in [6.45, 7) is 1.52. The lowest BCUT2D eigenvalue weighted by Gasteiger charge is -2.12. The molecule has 0 aliphatic carbocycles. The summed E-state index contributed by atoms with van der Waals surface area (Å²) in [5, 5.41) is 5.25. The molecule has 1 aromatic rings. The molecule has 4 N–H and O–H groups in total. The summed E-state index contributed by atoms with van der Waals surface area (Å²) in [6.07, 6.45) is 0. The van der Waals surface area contributed by atoms with Gasteiger partial charge in [0.1, 0.15) is 10.6 Å². The van der Waals surface area contributed by atoms with Gasteiger partial charge in [0, 0.05) is 5.02 Å². The van der Waals surface area contributed by atoms with Crippen LogP contribution < -0.4 is 15.6 Å². The van der Waals surface area contributed by atoms with E-state index in [2.05, 4.69) is 0 Å². The summed E-state index contributed by atoms with van der Waals surface area (Å²) >= 11 is 5.69. The molecule has 6 nitrogen and oxygen atoms in total. The number of hydrogen-bond donors (Lipinski definition) is 2. The van der Waals surface area contributed by atoms with Crippen molar-refractivity contribution in [1.29, 1.82) is 0 Å². The van der Waals surface area contributed by atoms with E-state index in [1.54, 1.807) is 6.92 Å². The van der Waals surface area contributed by atoms with Crippen molar-refractivity contribution >= 4 is 27.5 Å². The van der Waals surface area contributed by atoms with Crippen LogP contribution in [0.4, 0.5) is 0 Å². The van der Waals surface area contributed by atoms with Crippen LogP contribution in [0.15, 0.2) is 23.1 Å². The van der Waals surface area contributed by atoms with Gasteiger partial charge in [-0.25, -0.2) is 13.6 Å². The van der Waals surface area contributed by atoms with E-state index in [4.69, 9.17) is 27.2 Å². The van der Waals surface area contributed by atoms with Gasteiger partial charge < -0.3 is 10.5 Å². The van der Waals surface area contributed by atoms with Crippen LogP contribution in [-0.4, -0.2) is 20.9 Å². The molecule has 8 heteroatoms. The fourth-order valence-corrected chi connectivity index (χ4v) is 2.06. The topological polar surface area (TPSA) is 112 Å². The number of carbonyl (C=O) groups is 1. The summed E-state index contributed by atoms with van der Waals surface area (Å²) in [7, 11) is -3.95. The van der Waals surface area contributed by atoms with Crippen LogP contribution >= 0.6 is 11.6 Å². The maximum absolute atomic E-state index is 11.3. The molecule has 0 heterocycles. The third-order valence-electron chi connectivity index (χ3n) is 2.19. The molecule has 0 aromatic heterocycles. The Morgan fingerprint density at radius 2 is 2.11 bits per heavy atom. The predicted molar refractivity (Wildman–Crippen MR) is 66.7 cm³/mol. The minimum absolute atomic E-state index is 0.0370. The Hall–Kier alpha value is -1.31. The maximum Gasteiger partial charge on any atom is 0.241 e. The van der Waals surface area contributed by atoms with Crippen molar-refractivity contribution in [1.82, 2.24) is 0 Å². The van der Waals surface area contributed by atoms with E-state index in [1.165, 1.54) is 18.2 Å². The Kier molecular flexibility index (Phi) is 4.55. The van der Waals surface area contributed by atoms with Gasteiger partial charge in [-0.3, -0.25) is 4.79 Å². The van der Waals surface area contributed by atoms with E-state index in [0.29, 0.717) is 0 Å². The molecule has 0 saturated carbocycles. The Bertz CT molecular complexity index is 559. The molecule has 0 spiro atoms. The first kappa shape index (κ1) is 14.7. The van der Waals surface area contributed by atoms with Crippen LogP contribution in [0, 0.1) is 5.92 Å². The fourth-order valence-electron chi connectivity index (χ4n) is 1.12. The molecule has 1 unspecified atom stereocenters. The minimum atomic E-state index is -3.95. The maximum atomic E-state index is 11.3.